The van der Waals surface area contributed by atoms with Crippen LogP contribution in [-0.4, -0.2) is 54.9 Å². The van der Waals surface area contributed by atoms with Gasteiger partial charge in [-0.25, -0.2) is 4.79 Å². The van der Waals surface area contributed by atoms with Gasteiger partial charge in [0.15, 0.2) is 0 Å². The molecule has 5 nitrogen and oxygen atoms in total. The number of rotatable bonds is 7. The molecule has 0 aromatic heterocycles. The van der Waals surface area contributed by atoms with Gasteiger partial charge in [0.2, 0.25) is 0 Å². The number of nitrogens with zero attached hydrogens (tertiary/aromatic N) is 1. The van der Waals surface area contributed by atoms with E-state index >= 15 is 0 Å². The molecule has 0 aliphatic carbocycles. The van der Waals surface area contributed by atoms with Crippen molar-refractivity contribution in [1.82, 2.24) is 4.90 Å². The topological polar surface area (TPSA) is 59.0 Å². The maximum absolute atomic E-state index is 11.5. The fourth-order valence-electron chi connectivity index (χ4n) is 2.59. The monoisotopic (exact) mass is 307 g/mol. The van der Waals surface area contributed by atoms with Gasteiger partial charge >= 0.3 is 5.97 Å². The number of ether oxygens (including phenoxy) is 2. The third kappa shape index (κ3) is 5.31. The van der Waals surface area contributed by atoms with Gasteiger partial charge in [-0.15, -0.1) is 0 Å². The van der Waals surface area contributed by atoms with Crippen LogP contribution in [0.3, 0.4) is 0 Å². The Balaban J connectivity index is 1.74. The fraction of sp³-hybridized carbons (Fsp3) is 0.588. The summed E-state index contributed by atoms with van der Waals surface area (Å²) in [5, 5.41) is 10.0. The van der Waals surface area contributed by atoms with Gasteiger partial charge in [0, 0.05) is 6.54 Å². The third-order valence-corrected chi connectivity index (χ3v) is 3.73. The molecule has 0 amide bonds. The van der Waals surface area contributed by atoms with E-state index < -0.39 is 6.10 Å². The molecule has 0 radical (unpaired) electrons. The Labute approximate surface area is 131 Å². The number of β-amino-alcohol motifs (C(OH)–C–C–N with tert-alkyl or cyclic N) is 1. The smallest absolute Gasteiger partial charge is 0.338 e. The highest BCUT2D eigenvalue weighted by Crippen LogP contribution is 2.14. The Morgan fingerprint density at radius 2 is 1.91 bits per heavy atom. The van der Waals surface area contributed by atoms with Gasteiger partial charge in [-0.1, -0.05) is 6.42 Å². The summed E-state index contributed by atoms with van der Waals surface area (Å²) in [7, 11) is 0. The van der Waals surface area contributed by atoms with Gasteiger partial charge in [-0.05, 0) is 57.1 Å². The van der Waals surface area contributed by atoms with Crippen molar-refractivity contribution >= 4 is 5.97 Å². The first kappa shape index (κ1) is 16.8. The van der Waals surface area contributed by atoms with Crippen molar-refractivity contribution in [3.05, 3.63) is 29.8 Å². The lowest BCUT2D eigenvalue weighted by molar-refractivity contribution is 0.0525. The highest BCUT2D eigenvalue weighted by Gasteiger charge is 2.15. The van der Waals surface area contributed by atoms with E-state index in [4.69, 9.17) is 9.47 Å². The molecule has 1 N–H and O–H groups in total. The van der Waals surface area contributed by atoms with Crippen LogP contribution in [0.25, 0.3) is 0 Å². The van der Waals surface area contributed by atoms with Gasteiger partial charge in [0.25, 0.3) is 0 Å². The summed E-state index contributed by atoms with van der Waals surface area (Å²) in [6.07, 6.45) is 3.21. The summed E-state index contributed by atoms with van der Waals surface area (Å²) in [5.74, 6) is 0.310. The number of carbonyl (C=O) groups excluding carboxylic acids is 1. The maximum atomic E-state index is 11.5. The van der Waals surface area contributed by atoms with Crippen LogP contribution in [0.5, 0.6) is 5.75 Å². The van der Waals surface area contributed by atoms with Crippen molar-refractivity contribution in [1.29, 1.82) is 0 Å². The zero-order valence-corrected chi connectivity index (χ0v) is 13.2. The normalized spacial score (nSPS) is 17.0. The second-order valence-electron chi connectivity index (χ2n) is 5.57. The van der Waals surface area contributed by atoms with Crippen molar-refractivity contribution < 1.29 is 19.4 Å². The quantitative estimate of drug-likeness (QED) is 0.782. The van der Waals surface area contributed by atoms with Crippen molar-refractivity contribution in [2.45, 2.75) is 32.3 Å². The highest BCUT2D eigenvalue weighted by molar-refractivity contribution is 5.89. The lowest BCUT2D eigenvalue weighted by atomic mass is 10.1. The number of carbonyl (C=O) groups is 1. The molecular formula is C17H25NO4. The molecule has 1 saturated heterocycles. The number of hydrogen-bond acceptors (Lipinski definition) is 5. The molecule has 1 atom stereocenters. The molecule has 1 aliphatic rings. The zero-order chi connectivity index (χ0) is 15.8. The number of hydrogen-bond donors (Lipinski definition) is 1. The number of esters is 1. The van der Waals surface area contributed by atoms with Crippen LogP contribution in [0, 0.1) is 0 Å². The Hall–Kier alpha value is -1.59. The minimum absolute atomic E-state index is 0.259. The van der Waals surface area contributed by atoms with Crippen molar-refractivity contribution in [2.75, 3.05) is 32.8 Å². The zero-order valence-electron chi connectivity index (χ0n) is 13.2. The maximum Gasteiger partial charge on any atom is 0.338 e. The Morgan fingerprint density at radius 1 is 1.23 bits per heavy atom. The SMILES string of the molecule is CCOC(=O)c1ccc(OC[C@@H](O)CN2CCCCC2)cc1. The van der Waals surface area contributed by atoms with E-state index in [2.05, 4.69) is 4.90 Å². The van der Waals surface area contributed by atoms with E-state index in [1.54, 1.807) is 31.2 Å². The average Bonchev–Trinajstić information content (AvgIpc) is 2.54. The van der Waals surface area contributed by atoms with E-state index in [1.807, 2.05) is 0 Å². The van der Waals surface area contributed by atoms with Gasteiger partial charge in [-0.3, -0.25) is 0 Å². The minimum Gasteiger partial charge on any atom is -0.491 e. The van der Waals surface area contributed by atoms with Crippen LogP contribution in [-0.2, 0) is 4.74 Å². The molecule has 0 saturated carbocycles. The first-order valence-corrected chi connectivity index (χ1v) is 7.99. The lowest BCUT2D eigenvalue weighted by Crippen LogP contribution is -2.38. The van der Waals surface area contributed by atoms with Crippen LogP contribution in [0.4, 0.5) is 0 Å². The summed E-state index contributed by atoms with van der Waals surface area (Å²) in [6, 6.07) is 6.79. The first-order chi connectivity index (χ1) is 10.7. The molecule has 0 spiro atoms. The molecule has 22 heavy (non-hydrogen) atoms. The number of aliphatic hydroxyl groups is 1. The average molecular weight is 307 g/mol. The Bertz CT molecular complexity index is 454. The van der Waals surface area contributed by atoms with Gasteiger partial charge in [0.05, 0.1) is 12.2 Å². The molecule has 5 heteroatoms. The van der Waals surface area contributed by atoms with Gasteiger partial charge in [-0.2, -0.15) is 0 Å². The van der Waals surface area contributed by atoms with Crippen molar-refractivity contribution in [2.24, 2.45) is 0 Å². The predicted molar refractivity (Wildman–Crippen MR) is 84.2 cm³/mol. The first-order valence-electron chi connectivity index (χ1n) is 7.99. The second-order valence-corrected chi connectivity index (χ2v) is 5.57. The van der Waals surface area contributed by atoms with Gasteiger partial charge < -0.3 is 19.5 Å². The van der Waals surface area contributed by atoms with E-state index in [-0.39, 0.29) is 12.6 Å². The van der Waals surface area contributed by atoms with E-state index in [0.29, 0.717) is 24.5 Å². The van der Waals surface area contributed by atoms with E-state index in [0.717, 1.165) is 13.1 Å². The molecule has 0 unspecified atom stereocenters. The summed E-state index contributed by atoms with van der Waals surface area (Å²) in [6.45, 7) is 5.17. The lowest BCUT2D eigenvalue weighted by Gasteiger charge is -2.28. The van der Waals surface area contributed by atoms with Crippen molar-refractivity contribution in [3.8, 4) is 5.75 Å². The second kappa shape index (κ2) is 8.76. The molecule has 1 aromatic carbocycles. The number of aliphatic hydroxyl groups excluding tert-OH is 1. The highest BCUT2D eigenvalue weighted by atomic mass is 16.5. The van der Waals surface area contributed by atoms with Crippen molar-refractivity contribution in [3.63, 3.8) is 0 Å². The van der Waals surface area contributed by atoms with Crippen LogP contribution in [0.1, 0.15) is 36.5 Å². The summed E-state index contributed by atoms with van der Waals surface area (Å²) < 4.78 is 10.5. The summed E-state index contributed by atoms with van der Waals surface area (Å²) in [4.78, 5) is 13.8. The number of likely N-dealkylation sites (tertiary alicyclic amines) is 1. The Morgan fingerprint density at radius 3 is 2.55 bits per heavy atom. The molecule has 1 aromatic rings. The van der Waals surface area contributed by atoms with E-state index in [9.17, 15) is 9.90 Å². The minimum atomic E-state index is -0.497. The fourth-order valence-corrected chi connectivity index (χ4v) is 2.59. The summed E-state index contributed by atoms with van der Waals surface area (Å²) in [5.41, 5.74) is 0.503. The Kier molecular flexibility index (Phi) is 6.68. The van der Waals surface area contributed by atoms with Gasteiger partial charge in [0.1, 0.15) is 18.5 Å². The van der Waals surface area contributed by atoms with E-state index in [1.165, 1.54) is 19.3 Å². The molecular weight excluding hydrogens is 282 g/mol. The molecule has 1 heterocycles. The molecule has 1 aliphatic heterocycles. The van der Waals surface area contributed by atoms with Crippen LogP contribution in [0.15, 0.2) is 24.3 Å². The largest absolute Gasteiger partial charge is 0.491 e. The number of benzene rings is 1. The molecule has 2 rings (SSSR count). The third-order valence-electron chi connectivity index (χ3n) is 3.73. The van der Waals surface area contributed by atoms with Crippen LogP contribution < -0.4 is 4.74 Å². The predicted octanol–water partition coefficient (Wildman–Crippen LogP) is 2.09. The molecule has 0 bridgehead atoms. The summed E-state index contributed by atoms with van der Waals surface area (Å²) >= 11 is 0. The standard InChI is InChI=1S/C17H25NO4/c1-2-21-17(20)14-6-8-16(9-7-14)22-13-15(19)12-18-10-4-3-5-11-18/h6-9,15,19H,2-5,10-13H2,1H3/t15-/m0/s1. The number of piperidine rings is 1. The van der Waals surface area contributed by atoms with Crippen LogP contribution in [0.2, 0.25) is 0 Å². The molecule has 1 fully saturated rings. The molecule has 122 valence electrons. The van der Waals surface area contributed by atoms with Crippen LogP contribution >= 0.6 is 0 Å².